The Balaban J connectivity index is 2.65. The van der Waals surface area contributed by atoms with Crippen LogP contribution in [0.2, 0.25) is 4.34 Å². The highest BCUT2D eigenvalue weighted by Crippen LogP contribution is 2.34. The lowest BCUT2D eigenvalue weighted by molar-refractivity contribution is 0.0698. The highest BCUT2D eigenvalue weighted by atomic mass is 35.5. The Labute approximate surface area is 107 Å². The molecule has 0 amide bonds. The van der Waals surface area contributed by atoms with Crippen LogP contribution in [-0.2, 0) is 0 Å². The molecule has 0 aliphatic carbocycles. The molecule has 0 fully saturated rings. The number of carbonyl (C=O) groups is 1. The Kier molecular flexibility index (Phi) is 3.31. The van der Waals surface area contributed by atoms with Crippen molar-refractivity contribution in [1.29, 1.82) is 0 Å². The largest absolute Gasteiger partial charge is 0.478 e. The lowest BCUT2D eigenvalue weighted by Gasteiger charge is -2.08. The highest BCUT2D eigenvalue weighted by molar-refractivity contribution is 7.19. The van der Waals surface area contributed by atoms with Crippen molar-refractivity contribution in [3.05, 3.63) is 34.3 Å². The lowest BCUT2D eigenvalue weighted by atomic mass is 10.1. The van der Waals surface area contributed by atoms with Crippen molar-refractivity contribution in [2.24, 2.45) is 0 Å². The van der Waals surface area contributed by atoms with Crippen LogP contribution in [0.5, 0.6) is 0 Å². The molecule has 88 valence electrons. The molecule has 0 atom stereocenters. The number of rotatable bonds is 3. The number of hydrogen-bond donors (Lipinski definition) is 2. The van der Waals surface area contributed by atoms with Crippen molar-refractivity contribution in [1.82, 2.24) is 4.98 Å². The third-order valence-electron chi connectivity index (χ3n) is 2.24. The Morgan fingerprint density at radius 3 is 2.76 bits per heavy atom. The van der Waals surface area contributed by atoms with Gasteiger partial charge in [0.15, 0.2) is 0 Å². The van der Waals surface area contributed by atoms with Crippen LogP contribution in [0, 0.1) is 0 Å². The maximum Gasteiger partial charge on any atom is 0.340 e. The lowest BCUT2D eigenvalue weighted by Crippen LogP contribution is -2.06. The molecular weight excluding hydrogens is 260 g/mol. The van der Waals surface area contributed by atoms with E-state index in [1.54, 1.807) is 31.4 Å². The van der Waals surface area contributed by atoms with Gasteiger partial charge in [-0.05, 0) is 18.2 Å². The van der Waals surface area contributed by atoms with Crippen molar-refractivity contribution < 1.29 is 9.90 Å². The van der Waals surface area contributed by atoms with Gasteiger partial charge in [-0.3, -0.25) is 0 Å². The minimum Gasteiger partial charge on any atom is -0.478 e. The number of aromatic carboxylic acids is 1. The van der Waals surface area contributed by atoms with Crippen LogP contribution in [0.3, 0.4) is 0 Å². The van der Waals surface area contributed by atoms with Gasteiger partial charge in [0.1, 0.15) is 11.4 Å². The van der Waals surface area contributed by atoms with Crippen LogP contribution in [0.4, 0.5) is 5.82 Å². The molecule has 2 N–H and O–H groups in total. The van der Waals surface area contributed by atoms with Gasteiger partial charge in [0.05, 0.1) is 4.34 Å². The van der Waals surface area contributed by atoms with Gasteiger partial charge in [-0.25, -0.2) is 9.78 Å². The SMILES string of the molecule is CNc1nccc(-c2ccc(Cl)s2)c1C(=O)O. The molecule has 0 aromatic carbocycles. The van der Waals surface area contributed by atoms with E-state index in [1.807, 2.05) is 0 Å². The summed E-state index contributed by atoms with van der Waals surface area (Å²) in [5.74, 6) is -0.665. The Morgan fingerprint density at radius 2 is 2.24 bits per heavy atom. The molecule has 4 nitrogen and oxygen atoms in total. The summed E-state index contributed by atoms with van der Waals surface area (Å²) >= 11 is 7.19. The zero-order valence-corrected chi connectivity index (χ0v) is 10.5. The van der Waals surface area contributed by atoms with Crippen LogP contribution in [0.15, 0.2) is 24.4 Å². The fourth-order valence-corrected chi connectivity index (χ4v) is 2.61. The Morgan fingerprint density at radius 1 is 1.47 bits per heavy atom. The molecule has 0 aliphatic rings. The maximum absolute atomic E-state index is 11.3. The predicted octanol–water partition coefficient (Wildman–Crippen LogP) is 3.20. The number of nitrogens with zero attached hydrogens (tertiary/aromatic N) is 1. The van der Waals surface area contributed by atoms with Crippen molar-refractivity contribution in [3.8, 4) is 10.4 Å². The van der Waals surface area contributed by atoms with Crippen molar-refractivity contribution in [2.45, 2.75) is 0 Å². The number of aromatic nitrogens is 1. The number of pyridine rings is 1. The van der Waals surface area contributed by atoms with Crippen molar-refractivity contribution in [3.63, 3.8) is 0 Å². The first-order valence-electron chi connectivity index (χ1n) is 4.79. The Hall–Kier alpha value is -1.59. The van der Waals surface area contributed by atoms with E-state index in [2.05, 4.69) is 10.3 Å². The van der Waals surface area contributed by atoms with Crippen molar-refractivity contribution >= 4 is 34.7 Å². The van der Waals surface area contributed by atoms with E-state index in [1.165, 1.54) is 11.3 Å². The molecular formula is C11H9ClN2O2S. The molecule has 2 aromatic heterocycles. The summed E-state index contributed by atoms with van der Waals surface area (Å²) in [6.45, 7) is 0. The summed E-state index contributed by atoms with van der Waals surface area (Å²) < 4.78 is 0.624. The van der Waals surface area contributed by atoms with Gasteiger partial charge in [-0.2, -0.15) is 0 Å². The number of halogens is 1. The average Bonchev–Trinajstić information content (AvgIpc) is 2.74. The highest BCUT2D eigenvalue weighted by Gasteiger charge is 2.18. The third kappa shape index (κ3) is 2.25. The van der Waals surface area contributed by atoms with Gasteiger partial charge in [0.25, 0.3) is 0 Å². The number of nitrogens with one attached hydrogen (secondary N) is 1. The summed E-state index contributed by atoms with van der Waals surface area (Å²) in [4.78, 5) is 16.1. The van der Waals surface area contributed by atoms with Crippen LogP contribution >= 0.6 is 22.9 Å². The number of thiophene rings is 1. The summed E-state index contributed by atoms with van der Waals surface area (Å²) in [6, 6.07) is 5.22. The minimum atomic E-state index is -1.01. The molecule has 0 radical (unpaired) electrons. The molecule has 0 spiro atoms. The van der Waals surface area contributed by atoms with Crippen LogP contribution < -0.4 is 5.32 Å². The van der Waals surface area contributed by atoms with Crippen LogP contribution in [0.25, 0.3) is 10.4 Å². The van der Waals surface area contributed by atoms with Gasteiger partial charge in [-0.1, -0.05) is 11.6 Å². The van der Waals surface area contributed by atoms with E-state index in [0.717, 1.165) is 4.88 Å². The van der Waals surface area contributed by atoms with Gasteiger partial charge >= 0.3 is 5.97 Å². The standard InChI is InChI=1S/C11H9ClN2O2S/c1-13-10-9(11(15)16)6(4-5-14-10)7-2-3-8(12)17-7/h2-5H,1H3,(H,13,14)(H,15,16). The summed E-state index contributed by atoms with van der Waals surface area (Å²) in [5, 5.41) is 12.0. The monoisotopic (exact) mass is 268 g/mol. The molecule has 0 saturated carbocycles. The molecule has 17 heavy (non-hydrogen) atoms. The van der Waals surface area contributed by atoms with Crippen molar-refractivity contribution in [2.75, 3.05) is 12.4 Å². The van der Waals surface area contributed by atoms with E-state index in [-0.39, 0.29) is 5.56 Å². The summed E-state index contributed by atoms with van der Waals surface area (Å²) in [5.41, 5.74) is 0.780. The van der Waals surface area contributed by atoms with Crippen LogP contribution in [0.1, 0.15) is 10.4 Å². The van der Waals surface area contributed by atoms with Gasteiger partial charge in [-0.15, -0.1) is 11.3 Å². The van der Waals surface area contributed by atoms with Crippen LogP contribution in [-0.4, -0.2) is 23.1 Å². The molecule has 2 heterocycles. The molecule has 0 bridgehead atoms. The summed E-state index contributed by atoms with van der Waals surface area (Å²) in [7, 11) is 1.64. The first-order chi connectivity index (χ1) is 8.13. The second-order valence-corrected chi connectivity index (χ2v) is 4.96. The normalized spacial score (nSPS) is 10.2. The molecule has 0 unspecified atom stereocenters. The predicted molar refractivity (Wildman–Crippen MR) is 69.1 cm³/mol. The molecule has 2 rings (SSSR count). The number of carboxylic acids is 1. The molecule has 0 aliphatic heterocycles. The smallest absolute Gasteiger partial charge is 0.340 e. The number of hydrogen-bond acceptors (Lipinski definition) is 4. The van der Waals surface area contributed by atoms with E-state index in [0.29, 0.717) is 15.7 Å². The molecule has 2 aromatic rings. The Bertz CT molecular complexity index is 568. The van der Waals surface area contributed by atoms with Gasteiger partial charge in [0, 0.05) is 23.7 Å². The van der Waals surface area contributed by atoms with E-state index in [9.17, 15) is 9.90 Å². The zero-order valence-electron chi connectivity index (χ0n) is 8.90. The third-order valence-corrected chi connectivity index (χ3v) is 3.50. The average molecular weight is 269 g/mol. The first kappa shape index (κ1) is 11.9. The fraction of sp³-hybridized carbons (Fsp3) is 0.0909. The second kappa shape index (κ2) is 4.73. The van der Waals surface area contributed by atoms with Gasteiger partial charge in [0.2, 0.25) is 0 Å². The molecule has 6 heteroatoms. The first-order valence-corrected chi connectivity index (χ1v) is 5.98. The van der Waals surface area contributed by atoms with E-state index in [4.69, 9.17) is 11.6 Å². The zero-order chi connectivity index (χ0) is 12.4. The molecule has 0 saturated heterocycles. The number of carboxylic acid groups (broad SMARTS) is 1. The fourth-order valence-electron chi connectivity index (χ4n) is 1.53. The minimum absolute atomic E-state index is 0.161. The van der Waals surface area contributed by atoms with E-state index >= 15 is 0 Å². The quantitative estimate of drug-likeness (QED) is 0.897. The van der Waals surface area contributed by atoms with E-state index < -0.39 is 5.97 Å². The second-order valence-electron chi connectivity index (χ2n) is 3.24. The topological polar surface area (TPSA) is 62.2 Å². The number of anilines is 1. The maximum atomic E-state index is 11.3. The summed E-state index contributed by atoms with van der Waals surface area (Å²) in [6.07, 6.45) is 1.57. The van der Waals surface area contributed by atoms with Gasteiger partial charge < -0.3 is 10.4 Å².